The number of hydrogen-bond donors (Lipinski definition) is 1. The van der Waals surface area contributed by atoms with Gasteiger partial charge in [-0.25, -0.2) is 8.42 Å². The maximum atomic E-state index is 14.1. The van der Waals surface area contributed by atoms with E-state index in [9.17, 15) is 18.0 Å². The van der Waals surface area contributed by atoms with Crippen molar-refractivity contribution in [1.29, 1.82) is 0 Å². The number of rotatable bonds is 13. The molecule has 0 heterocycles. The molecule has 0 aromatic heterocycles. The normalized spacial score (nSPS) is 12.1. The van der Waals surface area contributed by atoms with E-state index in [2.05, 4.69) is 5.32 Å². The molecule has 8 nitrogen and oxygen atoms in total. The van der Waals surface area contributed by atoms with Crippen molar-refractivity contribution in [1.82, 2.24) is 10.2 Å². The molecular weight excluding hydrogens is 597 g/mol. The average molecular weight is 635 g/mol. The number of amides is 2. The second kappa shape index (κ2) is 14.8. The molecule has 226 valence electrons. The van der Waals surface area contributed by atoms with Gasteiger partial charge in [-0.2, -0.15) is 0 Å². The number of halogens is 2. The van der Waals surface area contributed by atoms with Gasteiger partial charge in [-0.3, -0.25) is 13.9 Å². The summed E-state index contributed by atoms with van der Waals surface area (Å²) in [5.41, 5.74) is 1.81. The molecule has 0 aliphatic heterocycles. The van der Waals surface area contributed by atoms with E-state index < -0.39 is 28.5 Å². The van der Waals surface area contributed by atoms with E-state index in [1.165, 1.54) is 17.0 Å². The molecule has 1 N–H and O–H groups in total. The van der Waals surface area contributed by atoms with Gasteiger partial charge in [0.1, 0.15) is 18.3 Å². The van der Waals surface area contributed by atoms with Gasteiger partial charge in [0.2, 0.25) is 11.8 Å². The molecule has 0 aliphatic rings. The van der Waals surface area contributed by atoms with Gasteiger partial charge in [-0.05, 0) is 88.2 Å². The quantitative estimate of drug-likeness (QED) is 0.241. The topological polar surface area (TPSA) is 96.0 Å². The Bertz CT molecular complexity index is 1480. The largest absolute Gasteiger partial charge is 0.494 e. The van der Waals surface area contributed by atoms with E-state index in [0.717, 1.165) is 9.87 Å². The first-order valence-corrected chi connectivity index (χ1v) is 15.9. The monoisotopic (exact) mass is 633 g/mol. The molecular formula is C31H37Cl2N3O5S. The van der Waals surface area contributed by atoms with E-state index in [1.54, 1.807) is 61.5 Å². The average Bonchev–Trinajstić information content (AvgIpc) is 2.93. The van der Waals surface area contributed by atoms with Crippen LogP contribution in [-0.4, -0.2) is 50.4 Å². The molecule has 1 unspecified atom stereocenters. The lowest BCUT2D eigenvalue weighted by atomic mass is 10.1. The van der Waals surface area contributed by atoms with Crippen LogP contribution >= 0.6 is 23.2 Å². The van der Waals surface area contributed by atoms with Crippen LogP contribution in [0.5, 0.6) is 5.75 Å². The van der Waals surface area contributed by atoms with Gasteiger partial charge >= 0.3 is 0 Å². The van der Waals surface area contributed by atoms with Gasteiger partial charge < -0.3 is 15.0 Å². The number of anilines is 1. The number of hydrogen-bond acceptors (Lipinski definition) is 5. The van der Waals surface area contributed by atoms with Crippen molar-refractivity contribution in [2.75, 3.05) is 17.5 Å². The van der Waals surface area contributed by atoms with Crippen LogP contribution in [0, 0.1) is 6.92 Å². The summed E-state index contributed by atoms with van der Waals surface area (Å²) in [4.78, 5) is 28.8. The lowest BCUT2D eigenvalue weighted by Gasteiger charge is -2.33. The summed E-state index contributed by atoms with van der Waals surface area (Å²) in [5, 5.41) is 3.63. The van der Waals surface area contributed by atoms with Crippen LogP contribution in [0.2, 0.25) is 10.0 Å². The Labute approximate surface area is 258 Å². The van der Waals surface area contributed by atoms with Crippen LogP contribution in [0.25, 0.3) is 0 Å². The van der Waals surface area contributed by atoms with Crippen LogP contribution < -0.4 is 14.4 Å². The van der Waals surface area contributed by atoms with E-state index in [-0.39, 0.29) is 23.4 Å². The summed E-state index contributed by atoms with van der Waals surface area (Å²) in [5.74, 6) is -0.383. The lowest BCUT2D eigenvalue weighted by Crippen LogP contribution is -2.53. The SMILES string of the molecule is CCOc1ccc(S(=O)(=O)N(CC(=O)N(Cc2ccc(Cl)cc2Cl)C(CC)C(=O)NC(C)C)c2ccc(C)cc2)cc1. The summed E-state index contributed by atoms with van der Waals surface area (Å²) in [6.07, 6.45) is 0.297. The molecule has 3 rings (SSSR count). The van der Waals surface area contributed by atoms with Gasteiger partial charge in [-0.15, -0.1) is 0 Å². The number of ether oxygens (including phenoxy) is 1. The van der Waals surface area contributed by atoms with E-state index in [4.69, 9.17) is 27.9 Å². The molecule has 0 spiro atoms. The van der Waals surface area contributed by atoms with Gasteiger partial charge in [0.25, 0.3) is 10.0 Å². The number of aryl methyl sites for hydroxylation is 1. The molecule has 0 saturated heterocycles. The summed E-state index contributed by atoms with van der Waals surface area (Å²) in [7, 11) is -4.20. The van der Waals surface area contributed by atoms with E-state index in [1.807, 2.05) is 27.7 Å². The highest BCUT2D eigenvalue weighted by molar-refractivity contribution is 7.92. The van der Waals surface area contributed by atoms with Crippen molar-refractivity contribution in [3.63, 3.8) is 0 Å². The Morgan fingerprint density at radius 3 is 2.14 bits per heavy atom. The highest BCUT2D eigenvalue weighted by Gasteiger charge is 2.34. The lowest BCUT2D eigenvalue weighted by molar-refractivity contribution is -0.140. The molecule has 1 atom stereocenters. The molecule has 3 aromatic carbocycles. The molecule has 0 aliphatic carbocycles. The standard InChI is InChI=1S/C31H37Cl2N3O5S/c1-6-29(31(38)34-21(3)4)35(19-23-10-11-24(32)18-28(23)33)30(37)20-36(25-12-8-22(5)9-13-25)42(39,40)27-16-14-26(15-17-27)41-7-2/h8-18,21,29H,6-7,19-20H2,1-5H3,(H,34,38). The predicted molar refractivity (Wildman–Crippen MR) is 168 cm³/mol. The summed E-state index contributed by atoms with van der Waals surface area (Å²) in [6.45, 7) is 9.04. The first-order valence-electron chi connectivity index (χ1n) is 13.7. The van der Waals surface area contributed by atoms with Gasteiger partial charge in [0, 0.05) is 22.6 Å². The number of sulfonamides is 1. The second-order valence-electron chi connectivity index (χ2n) is 10.1. The maximum Gasteiger partial charge on any atom is 0.264 e. The Morgan fingerprint density at radius 1 is 0.952 bits per heavy atom. The van der Waals surface area contributed by atoms with Crippen molar-refractivity contribution in [3.05, 3.63) is 87.9 Å². The van der Waals surface area contributed by atoms with Crippen LogP contribution in [0.15, 0.2) is 71.6 Å². The zero-order valence-electron chi connectivity index (χ0n) is 24.4. The van der Waals surface area contributed by atoms with Crippen molar-refractivity contribution in [3.8, 4) is 5.75 Å². The zero-order chi connectivity index (χ0) is 31.0. The minimum atomic E-state index is -4.20. The fraction of sp³-hybridized carbons (Fsp3) is 0.355. The summed E-state index contributed by atoms with van der Waals surface area (Å²) in [6, 6.07) is 16.8. The van der Waals surface area contributed by atoms with Gasteiger partial charge in [0.15, 0.2) is 0 Å². The minimum Gasteiger partial charge on any atom is -0.494 e. The Balaban J connectivity index is 2.07. The molecule has 0 saturated carbocycles. The first-order chi connectivity index (χ1) is 19.9. The molecule has 0 radical (unpaired) electrons. The Kier molecular flexibility index (Phi) is 11.7. The van der Waals surface area contributed by atoms with E-state index in [0.29, 0.717) is 40.1 Å². The summed E-state index contributed by atoms with van der Waals surface area (Å²) >= 11 is 12.5. The molecule has 0 bridgehead atoms. The number of benzene rings is 3. The molecule has 42 heavy (non-hydrogen) atoms. The number of nitrogens with one attached hydrogen (secondary N) is 1. The fourth-order valence-corrected chi connectivity index (χ4v) is 6.26. The van der Waals surface area contributed by atoms with E-state index >= 15 is 0 Å². The van der Waals surface area contributed by atoms with Crippen LogP contribution in [-0.2, 0) is 26.2 Å². The molecule has 3 aromatic rings. The fourth-order valence-electron chi connectivity index (χ4n) is 4.38. The number of carbonyl (C=O) groups is 2. The number of nitrogens with zero attached hydrogens (tertiary/aromatic N) is 2. The van der Waals surface area contributed by atoms with Crippen molar-refractivity contribution in [2.24, 2.45) is 0 Å². The van der Waals surface area contributed by atoms with Crippen molar-refractivity contribution < 1.29 is 22.7 Å². The smallest absolute Gasteiger partial charge is 0.264 e. The van der Waals surface area contributed by atoms with Gasteiger partial charge in [0.05, 0.1) is 17.2 Å². The number of carbonyl (C=O) groups excluding carboxylic acids is 2. The third-order valence-corrected chi connectivity index (χ3v) is 8.87. The van der Waals surface area contributed by atoms with Crippen LogP contribution in [0.4, 0.5) is 5.69 Å². The highest BCUT2D eigenvalue weighted by atomic mass is 35.5. The zero-order valence-corrected chi connectivity index (χ0v) is 26.8. The van der Waals surface area contributed by atoms with Gasteiger partial charge in [-0.1, -0.05) is 53.9 Å². The van der Waals surface area contributed by atoms with Crippen molar-refractivity contribution >= 4 is 50.7 Å². The Hall–Kier alpha value is -3.27. The highest BCUT2D eigenvalue weighted by Crippen LogP contribution is 2.28. The Morgan fingerprint density at radius 2 is 1.60 bits per heavy atom. The predicted octanol–water partition coefficient (Wildman–Crippen LogP) is 6.23. The molecule has 0 fully saturated rings. The van der Waals surface area contributed by atoms with Crippen LogP contribution in [0.3, 0.4) is 0 Å². The summed E-state index contributed by atoms with van der Waals surface area (Å²) < 4.78 is 34.6. The van der Waals surface area contributed by atoms with Crippen LogP contribution in [0.1, 0.15) is 45.2 Å². The second-order valence-corrected chi connectivity index (χ2v) is 12.8. The minimum absolute atomic E-state index is 0.00350. The molecule has 2 amide bonds. The maximum absolute atomic E-state index is 14.1. The third kappa shape index (κ3) is 8.40. The third-order valence-electron chi connectivity index (χ3n) is 6.50. The van der Waals surface area contributed by atoms with Crippen molar-refractivity contribution in [2.45, 2.75) is 64.6 Å². The first kappa shape index (κ1) is 33.2. The molecule has 11 heteroatoms.